The second-order valence-corrected chi connectivity index (χ2v) is 7.82. The molecule has 2 fully saturated rings. The summed E-state index contributed by atoms with van der Waals surface area (Å²) in [5.41, 5.74) is 1.96. The first-order valence-corrected chi connectivity index (χ1v) is 10.3. The summed E-state index contributed by atoms with van der Waals surface area (Å²) in [4.78, 5) is 28.7. The topological polar surface area (TPSA) is 59.1 Å². The van der Waals surface area contributed by atoms with E-state index in [2.05, 4.69) is 4.90 Å². The van der Waals surface area contributed by atoms with Crippen LogP contribution in [0.5, 0.6) is 5.75 Å². The first kappa shape index (κ1) is 19.7. The van der Waals surface area contributed by atoms with Crippen LogP contribution in [0.25, 0.3) is 6.08 Å². The van der Waals surface area contributed by atoms with Crippen LogP contribution >= 0.6 is 11.8 Å². The predicted octanol–water partition coefficient (Wildman–Crippen LogP) is 3.59. The Kier molecular flexibility index (Phi) is 6.29. The third kappa shape index (κ3) is 5.06. The molecule has 0 aliphatic carbocycles. The number of amides is 2. The maximum absolute atomic E-state index is 12.7. The van der Waals surface area contributed by atoms with Gasteiger partial charge in [0.05, 0.1) is 24.8 Å². The second-order valence-electron chi connectivity index (χ2n) is 6.82. The van der Waals surface area contributed by atoms with Crippen molar-refractivity contribution in [2.45, 2.75) is 6.61 Å². The highest BCUT2D eigenvalue weighted by Crippen LogP contribution is 2.32. The van der Waals surface area contributed by atoms with Crippen molar-refractivity contribution >= 4 is 29.0 Å². The Balaban J connectivity index is 1.37. The van der Waals surface area contributed by atoms with E-state index in [9.17, 15) is 9.59 Å². The molecular formula is C22H22N2O4S. The molecule has 0 bridgehead atoms. The van der Waals surface area contributed by atoms with Gasteiger partial charge in [-0.2, -0.15) is 0 Å². The molecule has 2 aromatic carbocycles. The first-order valence-electron chi connectivity index (χ1n) is 9.51. The predicted molar refractivity (Wildman–Crippen MR) is 112 cm³/mol. The highest BCUT2D eigenvalue weighted by Gasteiger charge is 2.36. The van der Waals surface area contributed by atoms with Crippen LogP contribution in [0.15, 0.2) is 59.5 Å². The van der Waals surface area contributed by atoms with E-state index in [1.54, 1.807) is 6.08 Å². The standard InChI is InChI=1S/C22H22N2O4S/c25-21-20(29-22(26)24(21)16-23-10-12-27-13-11-23)14-17-6-8-19(9-7-17)28-15-18-4-2-1-3-5-18/h1-9,14H,10-13,15-16H2. The summed E-state index contributed by atoms with van der Waals surface area (Å²) in [6.45, 7) is 3.53. The summed E-state index contributed by atoms with van der Waals surface area (Å²) >= 11 is 0.986. The average Bonchev–Trinajstić information content (AvgIpc) is 3.02. The number of benzene rings is 2. The van der Waals surface area contributed by atoms with Gasteiger partial charge >= 0.3 is 0 Å². The van der Waals surface area contributed by atoms with Crippen LogP contribution in [-0.2, 0) is 16.1 Å². The summed E-state index contributed by atoms with van der Waals surface area (Å²) in [5, 5.41) is -0.226. The first-order chi connectivity index (χ1) is 14.2. The molecule has 0 N–H and O–H groups in total. The van der Waals surface area contributed by atoms with Crippen LogP contribution in [0.4, 0.5) is 4.79 Å². The number of hydrogen-bond donors (Lipinski definition) is 0. The van der Waals surface area contributed by atoms with Gasteiger partial charge in [0, 0.05) is 13.1 Å². The summed E-state index contributed by atoms with van der Waals surface area (Å²) < 4.78 is 11.1. The molecule has 0 spiro atoms. The monoisotopic (exact) mass is 410 g/mol. The third-order valence-corrected chi connectivity index (χ3v) is 5.65. The van der Waals surface area contributed by atoms with Gasteiger partial charge in [-0.3, -0.25) is 19.4 Å². The van der Waals surface area contributed by atoms with Gasteiger partial charge in [-0.15, -0.1) is 0 Å². The minimum absolute atomic E-state index is 0.226. The summed E-state index contributed by atoms with van der Waals surface area (Å²) in [5.74, 6) is 0.516. The number of hydrogen-bond acceptors (Lipinski definition) is 6. The molecule has 6 nitrogen and oxygen atoms in total. The molecule has 2 aliphatic rings. The molecule has 4 rings (SSSR count). The molecule has 2 heterocycles. The van der Waals surface area contributed by atoms with Crippen molar-refractivity contribution in [3.63, 3.8) is 0 Å². The molecule has 2 saturated heterocycles. The van der Waals surface area contributed by atoms with Gasteiger partial charge in [-0.05, 0) is 41.1 Å². The summed E-state index contributed by atoms with van der Waals surface area (Å²) in [7, 11) is 0. The summed E-state index contributed by atoms with van der Waals surface area (Å²) in [6.07, 6.45) is 1.76. The van der Waals surface area contributed by atoms with Gasteiger partial charge in [0.2, 0.25) is 0 Å². The quantitative estimate of drug-likeness (QED) is 0.679. The number of nitrogens with zero attached hydrogens (tertiary/aromatic N) is 2. The fourth-order valence-corrected chi connectivity index (χ4v) is 3.95. The van der Waals surface area contributed by atoms with Crippen molar-refractivity contribution in [2.75, 3.05) is 33.0 Å². The van der Waals surface area contributed by atoms with Gasteiger partial charge in [-0.25, -0.2) is 0 Å². The zero-order chi connectivity index (χ0) is 20.1. The van der Waals surface area contributed by atoms with E-state index in [4.69, 9.17) is 9.47 Å². The van der Waals surface area contributed by atoms with E-state index in [0.717, 1.165) is 41.7 Å². The van der Waals surface area contributed by atoms with Gasteiger partial charge in [0.1, 0.15) is 12.4 Å². The Labute approximate surface area is 174 Å². The Morgan fingerprint density at radius 2 is 1.72 bits per heavy atom. The van der Waals surface area contributed by atoms with E-state index in [0.29, 0.717) is 31.4 Å². The Bertz CT molecular complexity index is 893. The molecule has 0 unspecified atom stereocenters. The number of imide groups is 1. The highest BCUT2D eigenvalue weighted by molar-refractivity contribution is 8.18. The summed E-state index contributed by atoms with van der Waals surface area (Å²) in [6, 6.07) is 17.5. The molecule has 0 radical (unpaired) electrons. The Morgan fingerprint density at radius 1 is 1.00 bits per heavy atom. The molecule has 2 aliphatic heterocycles. The largest absolute Gasteiger partial charge is 0.489 e. The zero-order valence-corrected chi connectivity index (χ0v) is 16.8. The van der Waals surface area contributed by atoms with Crippen molar-refractivity contribution in [1.29, 1.82) is 0 Å². The van der Waals surface area contributed by atoms with Crippen LogP contribution in [0, 0.1) is 0 Å². The minimum atomic E-state index is -0.240. The third-order valence-electron chi connectivity index (χ3n) is 4.74. The molecular weight excluding hydrogens is 388 g/mol. The van der Waals surface area contributed by atoms with Gasteiger partial charge < -0.3 is 9.47 Å². The number of rotatable bonds is 6. The number of thioether (sulfide) groups is 1. The number of ether oxygens (including phenoxy) is 2. The lowest BCUT2D eigenvalue weighted by Gasteiger charge is -2.29. The van der Waals surface area contributed by atoms with E-state index in [1.807, 2.05) is 54.6 Å². The van der Waals surface area contributed by atoms with Crippen LogP contribution in [0.2, 0.25) is 0 Å². The lowest BCUT2D eigenvalue weighted by Crippen LogP contribution is -2.45. The van der Waals surface area contributed by atoms with Crippen molar-refractivity contribution in [1.82, 2.24) is 9.80 Å². The molecule has 150 valence electrons. The average molecular weight is 410 g/mol. The fourth-order valence-electron chi connectivity index (χ4n) is 3.12. The van der Waals surface area contributed by atoms with Crippen LogP contribution in [-0.4, -0.2) is 53.9 Å². The molecule has 0 aromatic heterocycles. The lowest BCUT2D eigenvalue weighted by molar-refractivity contribution is -0.125. The van der Waals surface area contributed by atoms with Crippen molar-refractivity contribution in [2.24, 2.45) is 0 Å². The fraction of sp³-hybridized carbons (Fsp3) is 0.273. The second kappa shape index (κ2) is 9.26. The van der Waals surface area contributed by atoms with Crippen LogP contribution in [0.1, 0.15) is 11.1 Å². The number of carbonyl (C=O) groups is 2. The molecule has 2 amide bonds. The Morgan fingerprint density at radius 3 is 2.45 bits per heavy atom. The van der Waals surface area contributed by atoms with Crippen LogP contribution < -0.4 is 4.74 Å². The van der Waals surface area contributed by atoms with E-state index in [-0.39, 0.29) is 11.1 Å². The van der Waals surface area contributed by atoms with E-state index in [1.165, 1.54) is 4.90 Å². The molecule has 7 heteroatoms. The van der Waals surface area contributed by atoms with Gasteiger partial charge in [-0.1, -0.05) is 42.5 Å². The Hall–Kier alpha value is -2.61. The molecule has 29 heavy (non-hydrogen) atoms. The van der Waals surface area contributed by atoms with Crippen molar-refractivity contribution in [3.05, 3.63) is 70.6 Å². The smallest absolute Gasteiger partial charge is 0.294 e. The number of morpholine rings is 1. The SMILES string of the molecule is O=C1SC(=Cc2ccc(OCc3ccccc3)cc2)C(=O)N1CN1CCOCC1. The zero-order valence-electron chi connectivity index (χ0n) is 16.0. The van der Waals surface area contributed by atoms with Crippen LogP contribution in [0.3, 0.4) is 0 Å². The highest BCUT2D eigenvalue weighted by atomic mass is 32.2. The van der Waals surface area contributed by atoms with Crippen molar-refractivity contribution in [3.8, 4) is 5.75 Å². The van der Waals surface area contributed by atoms with Crippen molar-refractivity contribution < 1.29 is 19.1 Å². The van der Waals surface area contributed by atoms with Gasteiger partial charge in [0.15, 0.2) is 0 Å². The molecule has 2 aromatic rings. The molecule has 0 saturated carbocycles. The maximum Gasteiger partial charge on any atom is 0.294 e. The lowest BCUT2D eigenvalue weighted by atomic mass is 10.2. The number of carbonyl (C=O) groups excluding carboxylic acids is 2. The normalized spacial score (nSPS) is 19.2. The van der Waals surface area contributed by atoms with E-state index < -0.39 is 0 Å². The molecule has 0 atom stereocenters. The van der Waals surface area contributed by atoms with Gasteiger partial charge in [0.25, 0.3) is 11.1 Å². The van der Waals surface area contributed by atoms with E-state index >= 15 is 0 Å². The minimum Gasteiger partial charge on any atom is -0.489 e. The maximum atomic E-state index is 12.7.